The van der Waals surface area contributed by atoms with Crippen LogP contribution in [0.25, 0.3) is 5.52 Å². The maximum Gasteiger partial charge on any atom is 0.150 e. The first kappa shape index (κ1) is 11.5. The van der Waals surface area contributed by atoms with Crippen molar-refractivity contribution in [2.45, 2.75) is 25.0 Å². The Morgan fingerprint density at radius 2 is 2.39 bits per heavy atom. The molecular formula is C11H15BN4O2. The standard InChI is InChI=1S/C11H15BN4O2/c12-7-3-8(9-2-1-6(4-17)18-9)16-10(7)11(13)14-5-15-16/h3,5-6,9,17H,1-2,4,12H2,(H2,13,14,15). The molecule has 1 aliphatic rings. The van der Waals surface area contributed by atoms with Crippen LogP contribution in [0, 0.1) is 0 Å². The molecule has 3 heterocycles. The maximum absolute atomic E-state index is 9.12. The number of hydrogen-bond donors (Lipinski definition) is 2. The van der Waals surface area contributed by atoms with E-state index in [0.29, 0.717) is 5.82 Å². The summed E-state index contributed by atoms with van der Waals surface area (Å²) in [5.41, 5.74) is 8.73. The number of nitrogens with two attached hydrogens (primary N) is 1. The van der Waals surface area contributed by atoms with Crippen LogP contribution in [0.1, 0.15) is 24.6 Å². The number of hydrogen-bond acceptors (Lipinski definition) is 5. The minimum absolute atomic E-state index is 0.0300. The molecule has 6 nitrogen and oxygen atoms in total. The number of ether oxygens (including phenoxy) is 1. The van der Waals surface area contributed by atoms with Crippen molar-refractivity contribution in [2.75, 3.05) is 12.3 Å². The number of anilines is 1. The molecule has 0 amide bonds. The molecule has 0 bridgehead atoms. The summed E-state index contributed by atoms with van der Waals surface area (Å²) in [5, 5.41) is 13.4. The minimum atomic E-state index is -0.0694. The van der Waals surface area contributed by atoms with Crippen LogP contribution >= 0.6 is 0 Å². The summed E-state index contributed by atoms with van der Waals surface area (Å²) in [6.07, 6.45) is 3.11. The van der Waals surface area contributed by atoms with E-state index in [4.69, 9.17) is 15.6 Å². The van der Waals surface area contributed by atoms with Gasteiger partial charge in [0, 0.05) is 0 Å². The van der Waals surface area contributed by atoms with Gasteiger partial charge < -0.3 is 15.6 Å². The number of aliphatic hydroxyl groups excluding tert-OH is 1. The van der Waals surface area contributed by atoms with Crippen LogP contribution in [0.15, 0.2) is 12.4 Å². The molecule has 3 rings (SSSR count). The van der Waals surface area contributed by atoms with Gasteiger partial charge in [-0.3, -0.25) is 0 Å². The number of aromatic nitrogens is 3. The third kappa shape index (κ3) is 1.67. The van der Waals surface area contributed by atoms with Crippen molar-refractivity contribution in [2.24, 2.45) is 0 Å². The van der Waals surface area contributed by atoms with Crippen molar-refractivity contribution >= 4 is 24.6 Å². The highest BCUT2D eigenvalue weighted by Crippen LogP contribution is 2.32. The van der Waals surface area contributed by atoms with Crippen molar-refractivity contribution in [3.63, 3.8) is 0 Å². The maximum atomic E-state index is 9.12. The second-order valence-electron chi connectivity index (χ2n) is 4.66. The monoisotopic (exact) mass is 246 g/mol. The predicted octanol–water partition coefficient (Wildman–Crippen LogP) is -1.22. The first-order valence-corrected chi connectivity index (χ1v) is 6.05. The molecule has 18 heavy (non-hydrogen) atoms. The molecule has 1 fully saturated rings. The Morgan fingerprint density at radius 3 is 3.11 bits per heavy atom. The van der Waals surface area contributed by atoms with Crippen LogP contribution in [0.4, 0.5) is 5.82 Å². The number of fused-ring (bicyclic) bond motifs is 1. The zero-order valence-electron chi connectivity index (χ0n) is 10.2. The zero-order valence-corrected chi connectivity index (χ0v) is 10.2. The normalized spacial score (nSPS) is 23.8. The fourth-order valence-electron chi connectivity index (χ4n) is 2.57. The van der Waals surface area contributed by atoms with Crippen LogP contribution in [0.2, 0.25) is 0 Å². The van der Waals surface area contributed by atoms with Gasteiger partial charge in [-0.15, -0.1) is 0 Å². The van der Waals surface area contributed by atoms with E-state index in [1.807, 2.05) is 13.9 Å². The van der Waals surface area contributed by atoms with Gasteiger partial charge in [-0.05, 0) is 18.9 Å². The molecule has 2 aromatic rings. The third-order valence-electron chi connectivity index (χ3n) is 3.44. The average molecular weight is 246 g/mol. The predicted molar refractivity (Wildman–Crippen MR) is 69.5 cm³/mol. The van der Waals surface area contributed by atoms with Crippen molar-refractivity contribution in [3.05, 3.63) is 18.1 Å². The highest BCUT2D eigenvalue weighted by molar-refractivity contribution is 6.37. The molecule has 0 aromatic carbocycles. The van der Waals surface area contributed by atoms with E-state index in [9.17, 15) is 0 Å². The molecule has 2 unspecified atom stereocenters. The van der Waals surface area contributed by atoms with Crippen LogP contribution in [-0.2, 0) is 4.74 Å². The van der Waals surface area contributed by atoms with Crippen LogP contribution in [0.3, 0.4) is 0 Å². The molecule has 7 heteroatoms. The summed E-state index contributed by atoms with van der Waals surface area (Å²) in [4.78, 5) is 4.00. The molecule has 0 aliphatic carbocycles. The Hall–Kier alpha value is -1.60. The summed E-state index contributed by atoms with van der Waals surface area (Å²) in [6.45, 7) is 0.0654. The molecule has 0 saturated carbocycles. The Bertz CT molecular complexity index is 586. The third-order valence-corrected chi connectivity index (χ3v) is 3.44. The largest absolute Gasteiger partial charge is 0.394 e. The summed E-state index contributed by atoms with van der Waals surface area (Å²) in [6, 6.07) is 2.03. The van der Waals surface area contributed by atoms with Crippen LogP contribution < -0.4 is 11.2 Å². The molecular weight excluding hydrogens is 231 g/mol. The van der Waals surface area contributed by atoms with E-state index in [-0.39, 0.29) is 18.8 Å². The Labute approximate surface area is 105 Å². The van der Waals surface area contributed by atoms with Crippen molar-refractivity contribution in [1.82, 2.24) is 14.6 Å². The first-order valence-electron chi connectivity index (χ1n) is 6.05. The van der Waals surface area contributed by atoms with Gasteiger partial charge >= 0.3 is 0 Å². The lowest BCUT2D eigenvalue weighted by Crippen LogP contribution is -2.12. The summed E-state index contributed by atoms with van der Waals surface area (Å²) >= 11 is 0. The Kier molecular flexibility index (Phi) is 2.72. The molecule has 3 N–H and O–H groups in total. The van der Waals surface area contributed by atoms with Gasteiger partial charge in [-0.1, -0.05) is 5.46 Å². The van der Waals surface area contributed by atoms with Crippen LogP contribution in [-0.4, -0.2) is 40.3 Å². The Morgan fingerprint density at radius 1 is 1.56 bits per heavy atom. The highest BCUT2D eigenvalue weighted by Gasteiger charge is 2.29. The van der Waals surface area contributed by atoms with Gasteiger partial charge in [0.1, 0.15) is 25.8 Å². The van der Waals surface area contributed by atoms with Gasteiger partial charge in [-0.25, -0.2) is 9.50 Å². The number of aliphatic hydroxyl groups is 1. The number of nitrogens with zero attached hydrogens (tertiary/aromatic N) is 3. The van der Waals surface area contributed by atoms with E-state index in [0.717, 1.165) is 29.5 Å². The molecule has 2 aromatic heterocycles. The molecule has 1 aliphatic heterocycles. The zero-order chi connectivity index (χ0) is 12.7. The number of rotatable bonds is 2. The van der Waals surface area contributed by atoms with E-state index >= 15 is 0 Å². The Balaban J connectivity index is 2.06. The first-order chi connectivity index (χ1) is 8.70. The lowest BCUT2D eigenvalue weighted by atomic mass is 9.97. The minimum Gasteiger partial charge on any atom is -0.394 e. The molecule has 94 valence electrons. The van der Waals surface area contributed by atoms with Gasteiger partial charge in [-0.2, -0.15) is 5.10 Å². The van der Waals surface area contributed by atoms with Gasteiger partial charge in [0.15, 0.2) is 5.82 Å². The number of nitrogen functional groups attached to an aromatic ring is 1. The smallest absolute Gasteiger partial charge is 0.150 e. The lowest BCUT2D eigenvalue weighted by Gasteiger charge is -2.11. The molecule has 2 atom stereocenters. The lowest BCUT2D eigenvalue weighted by molar-refractivity contribution is 0.00857. The summed E-state index contributed by atoms with van der Waals surface area (Å²) in [5.74, 6) is 0.477. The van der Waals surface area contributed by atoms with E-state index in [1.54, 1.807) is 4.52 Å². The molecule has 0 spiro atoms. The van der Waals surface area contributed by atoms with Crippen molar-refractivity contribution < 1.29 is 9.84 Å². The fourth-order valence-corrected chi connectivity index (χ4v) is 2.57. The molecule has 1 saturated heterocycles. The van der Waals surface area contributed by atoms with Crippen LogP contribution in [0.5, 0.6) is 0 Å². The van der Waals surface area contributed by atoms with Crippen molar-refractivity contribution in [3.8, 4) is 0 Å². The quantitative estimate of drug-likeness (QED) is 0.649. The second-order valence-corrected chi connectivity index (χ2v) is 4.66. The second kappa shape index (κ2) is 4.26. The molecule has 0 radical (unpaired) electrons. The van der Waals surface area contributed by atoms with E-state index in [2.05, 4.69) is 10.1 Å². The van der Waals surface area contributed by atoms with Gasteiger partial charge in [0.05, 0.1) is 18.4 Å². The topological polar surface area (TPSA) is 85.7 Å². The summed E-state index contributed by atoms with van der Waals surface area (Å²) in [7, 11) is 1.98. The van der Waals surface area contributed by atoms with Gasteiger partial charge in [0.2, 0.25) is 0 Å². The van der Waals surface area contributed by atoms with Gasteiger partial charge in [0.25, 0.3) is 0 Å². The average Bonchev–Trinajstić information content (AvgIpc) is 2.94. The van der Waals surface area contributed by atoms with Crippen molar-refractivity contribution in [1.29, 1.82) is 0 Å². The summed E-state index contributed by atoms with van der Waals surface area (Å²) < 4.78 is 7.58. The van der Waals surface area contributed by atoms with E-state index in [1.165, 1.54) is 6.33 Å². The fraction of sp³-hybridized carbons (Fsp3) is 0.455. The van der Waals surface area contributed by atoms with E-state index < -0.39 is 0 Å². The highest BCUT2D eigenvalue weighted by atomic mass is 16.5. The SMILES string of the molecule is Bc1cc(C2CCC(CO)O2)n2ncnc(N)c12.